The Morgan fingerprint density at radius 2 is 1.71 bits per heavy atom. The summed E-state index contributed by atoms with van der Waals surface area (Å²) < 4.78 is 24.3. The third-order valence-corrected chi connectivity index (χ3v) is 3.09. The average molecular weight is 289 g/mol. The first kappa shape index (κ1) is 15.3. The first-order valence-electron chi connectivity index (χ1n) is 7.00. The Kier molecular flexibility index (Phi) is 5.58. The molecule has 0 aliphatic heterocycles. The van der Waals surface area contributed by atoms with Gasteiger partial charge in [-0.2, -0.15) is 0 Å². The van der Waals surface area contributed by atoms with Crippen molar-refractivity contribution in [1.29, 1.82) is 0 Å². The zero-order chi connectivity index (χ0) is 15.1. The highest BCUT2D eigenvalue weighted by atomic mass is 19.1. The van der Waals surface area contributed by atoms with E-state index in [1.54, 1.807) is 19.1 Å². The van der Waals surface area contributed by atoms with Gasteiger partial charge >= 0.3 is 0 Å². The molecule has 3 nitrogen and oxygen atoms in total. The molecule has 2 rings (SSSR count). The van der Waals surface area contributed by atoms with Crippen molar-refractivity contribution < 1.29 is 13.9 Å². The Morgan fingerprint density at radius 1 is 1.00 bits per heavy atom. The number of aryl methyl sites for hydroxylation is 1. The van der Waals surface area contributed by atoms with Crippen molar-refractivity contribution in [3.8, 4) is 11.5 Å². The van der Waals surface area contributed by atoms with Crippen molar-refractivity contribution in [3.05, 3.63) is 59.4 Å². The molecule has 0 aliphatic carbocycles. The number of ether oxygens (including phenoxy) is 2. The number of rotatable bonds is 7. The molecule has 0 saturated heterocycles. The minimum Gasteiger partial charge on any atom is -0.493 e. The summed E-state index contributed by atoms with van der Waals surface area (Å²) in [5.74, 6) is 1.28. The zero-order valence-corrected chi connectivity index (χ0v) is 12.1. The summed E-state index contributed by atoms with van der Waals surface area (Å²) in [5.41, 5.74) is 7.21. The van der Waals surface area contributed by atoms with E-state index in [2.05, 4.69) is 0 Å². The maximum absolute atomic E-state index is 13.1. The number of nitrogens with two attached hydrogens (primary N) is 1. The second-order valence-electron chi connectivity index (χ2n) is 4.81. The van der Waals surface area contributed by atoms with Crippen LogP contribution in [0.4, 0.5) is 4.39 Å². The van der Waals surface area contributed by atoms with E-state index < -0.39 is 0 Å². The summed E-state index contributed by atoms with van der Waals surface area (Å²) in [5, 5.41) is 0. The summed E-state index contributed by atoms with van der Waals surface area (Å²) in [7, 11) is 0. The topological polar surface area (TPSA) is 44.5 Å². The molecule has 2 N–H and O–H groups in total. The molecule has 0 spiro atoms. The Hall–Kier alpha value is -2.07. The quantitative estimate of drug-likeness (QED) is 0.794. The molecule has 0 aliphatic rings. The van der Waals surface area contributed by atoms with Crippen LogP contribution in [0.1, 0.15) is 17.5 Å². The number of hydrogen-bond donors (Lipinski definition) is 1. The van der Waals surface area contributed by atoms with Gasteiger partial charge in [0.1, 0.15) is 17.3 Å². The van der Waals surface area contributed by atoms with Gasteiger partial charge in [-0.1, -0.05) is 12.1 Å². The molecule has 0 atom stereocenters. The molecular weight excluding hydrogens is 269 g/mol. The largest absolute Gasteiger partial charge is 0.493 e. The van der Waals surface area contributed by atoms with Gasteiger partial charge in [0.05, 0.1) is 13.2 Å². The minimum absolute atomic E-state index is 0.217. The van der Waals surface area contributed by atoms with Gasteiger partial charge in [-0.25, -0.2) is 4.39 Å². The SMILES string of the molecule is Cc1cc(OCCCOc2cccc(CN)c2)ccc1F. The Labute approximate surface area is 124 Å². The minimum atomic E-state index is -0.217. The molecule has 4 heteroatoms. The number of benzene rings is 2. The second-order valence-corrected chi connectivity index (χ2v) is 4.81. The summed E-state index contributed by atoms with van der Waals surface area (Å²) >= 11 is 0. The summed E-state index contributed by atoms with van der Waals surface area (Å²) in [4.78, 5) is 0. The molecule has 0 saturated carbocycles. The van der Waals surface area contributed by atoms with E-state index in [9.17, 15) is 4.39 Å². The highest BCUT2D eigenvalue weighted by Gasteiger charge is 2.00. The van der Waals surface area contributed by atoms with Gasteiger partial charge in [-0.3, -0.25) is 0 Å². The fraction of sp³-hybridized carbons (Fsp3) is 0.294. The smallest absolute Gasteiger partial charge is 0.126 e. The van der Waals surface area contributed by atoms with Crippen molar-refractivity contribution in [2.75, 3.05) is 13.2 Å². The van der Waals surface area contributed by atoms with E-state index in [-0.39, 0.29) is 5.82 Å². The summed E-state index contributed by atoms with van der Waals surface area (Å²) in [6.07, 6.45) is 0.753. The lowest BCUT2D eigenvalue weighted by molar-refractivity contribution is 0.247. The Balaban J connectivity index is 1.71. The molecule has 0 amide bonds. The zero-order valence-electron chi connectivity index (χ0n) is 12.1. The second kappa shape index (κ2) is 7.64. The van der Waals surface area contributed by atoms with Crippen LogP contribution in [0.25, 0.3) is 0 Å². The van der Waals surface area contributed by atoms with Crippen molar-refractivity contribution in [3.63, 3.8) is 0 Å². The Morgan fingerprint density at radius 3 is 2.38 bits per heavy atom. The van der Waals surface area contributed by atoms with E-state index in [4.69, 9.17) is 15.2 Å². The molecule has 112 valence electrons. The summed E-state index contributed by atoms with van der Waals surface area (Å²) in [6.45, 7) is 3.32. The van der Waals surface area contributed by atoms with Crippen molar-refractivity contribution >= 4 is 0 Å². The molecule has 0 radical (unpaired) electrons. The van der Waals surface area contributed by atoms with E-state index in [0.29, 0.717) is 31.1 Å². The fourth-order valence-corrected chi connectivity index (χ4v) is 1.91. The fourth-order valence-electron chi connectivity index (χ4n) is 1.91. The predicted molar refractivity (Wildman–Crippen MR) is 81.1 cm³/mol. The third kappa shape index (κ3) is 4.76. The first-order valence-corrected chi connectivity index (χ1v) is 7.00. The highest BCUT2D eigenvalue weighted by molar-refractivity contribution is 5.29. The lowest BCUT2D eigenvalue weighted by atomic mass is 10.2. The third-order valence-electron chi connectivity index (χ3n) is 3.09. The molecule has 21 heavy (non-hydrogen) atoms. The van der Waals surface area contributed by atoms with Gasteiger partial charge in [0.2, 0.25) is 0 Å². The lowest BCUT2D eigenvalue weighted by Crippen LogP contribution is -2.05. The molecule has 0 unspecified atom stereocenters. The van der Waals surface area contributed by atoms with Gasteiger partial charge in [-0.15, -0.1) is 0 Å². The van der Waals surface area contributed by atoms with Gasteiger partial charge in [0, 0.05) is 13.0 Å². The molecule has 0 heterocycles. The molecule has 0 bridgehead atoms. The standard InChI is InChI=1S/C17H20FNO2/c1-13-10-16(6-7-17(13)18)21-9-3-8-20-15-5-2-4-14(11-15)12-19/h2,4-7,10-11H,3,8-9,12,19H2,1H3. The monoisotopic (exact) mass is 289 g/mol. The molecule has 0 fully saturated rings. The molecule has 2 aromatic carbocycles. The van der Waals surface area contributed by atoms with E-state index in [1.165, 1.54) is 6.07 Å². The predicted octanol–water partition coefficient (Wildman–Crippen LogP) is 3.44. The highest BCUT2D eigenvalue weighted by Crippen LogP contribution is 2.16. The molecule has 0 aromatic heterocycles. The first-order chi connectivity index (χ1) is 10.2. The number of hydrogen-bond acceptors (Lipinski definition) is 3. The van der Waals surface area contributed by atoms with Crippen LogP contribution in [0.2, 0.25) is 0 Å². The van der Waals surface area contributed by atoms with Crippen LogP contribution in [0.3, 0.4) is 0 Å². The van der Waals surface area contributed by atoms with Crippen LogP contribution in [0.5, 0.6) is 11.5 Å². The van der Waals surface area contributed by atoms with Crippen LogP contribution in [0.15, 0.2) is 42.5 Å². The van der Waals surface area contributed by atoms with Crippen LogP contribution >= 0.6 is 0 Å². The van der Waals surface area contributed by atoms with E-state index in [0.717, 1.165) is 17.7 Å². The summed E-state index contributed by atoms with van der Waals surface area (Å²) in [6, 6.07) is 12.5. The maximum Gasteiger partial charge on any atom is 0.126 e. The Bertz CT molecular complexity index is 587. The van der Waals surface area contributed by atoms with Gasteiger partial charge in [0.15, 0.2) is 0 Å². The number of halogens is 1. The lowest BCUT2D eigenvalue weighted by Gasteiger charge is -2.09. The van der Waals surface area contributed by atoms with E-state index in [1.807, 2.05) is 24.3 Å². The maximum atomic E-state index is 13.1. The van der Waals surface area contributed by atoms with Crippen molar-refractivity contribution in [2.45, 2.75) is 19.9 Å². The van der Waals surface area contributed by atoms with Gasteiger partial charge in [-0.05, 0) is 48.4 Å². The van der Waals surface area contributed by atoms with Gasteiger partial charge in [0.25, 0.3) is 0 Å². The average Bonchev–Trinajstić information content (AvgIpc) is 2.50. The van der Waals surface area contributed by atoms with Crippen LogP contribution < -0.4 is 15.2 Å². The normalized spacial score (nSPS) is 10.4. The molecule has 2 aromatic rings. The van der Waals surface area contributed by atoms with E-state index >= 15 is 0 Å². The van der Waals surface area contributed by atoms with Crippen LogP contribution in [0, 0.1) is 12.7 Å². The van der Waals surface area contributed by atoms with Crippen molar-refractivity contribution in [2.24, 2.45) is 5.73 Å². The van der Waals surface area contributed by atoms with Crippen LogP contribution in [-0.4, -0.2) is 13.2 Å². The van der Waals surface area contributed by atoms with Crippen molar-refractivity contribution in [1.82, 2.24) is 0 Å². The van der Waals surface area contributed by atoms with Crippen LogP contribution in [-0.2, 0) is 6.54 Å². The van der Waals surface area contributed by atoms with Gasteiger partial charge < -0.3 is 15.2 Å². The molecular formula is C17H20FNO2.